The highest BCUT2D eigenvalue weighted by Gasteiger charge is 2.15. The van der Waals surface area contributed by atoms with Gasteiger partial charge in [0.1, 0.15) is 0 Å². The summed E-state index contributed by atoms with van der Waals surface area (Å²) in [5.74, 6) is 2.22. The van der Waals surface area contributed by atoms with E-state index in [1.54, 1.807) is 11.3 Å². The molecule has 1 unspecified atom stereocenters. The van der Waals surface area contributed by atoms with E-state index in [-0.39, 0.29) is 24.0 Å². The highest BCUT2D eigenvalue weighted by molar-refractivity contribution is 14.0. The average molecular weight is 476 g/mol. The third-order valence-electron chi connectivity index (χ3n) is 3.94. The first kappa shape index (κ1) is 19.8. The molecule has 1 aromatic carbocycles. The quantitative estimate of drug-likeness (QED) is 0.287. The van der Waals surface area contributed by atoms with Crippen LogP contribution < -0.4 is 10.6 Å². The number of aromatic nitrogens is 1. The fourth-order valence-corrected chi connectivity index (χ4v) is 4.92. The predicted molar refractivity (Wildman–Crippen MR) is 118 cm³/mol. The number of fused-ring (bicyclic) bond motifs is 1. The van der Waals surface area contributed by atoms with Gasteiger partial charge in [-0.05, 0) is 37.1 Å². The molecule has 0 spiro atoms. The molecule has 1 aliphatic rings. The molecule has 1 fully saturated rings. The molecule has 1 atom stereocenters. The summed E-state index contributed by atoms with van der Waals surface area (Å²) in [5, 5.41) is 8.81. The van der Waals surface area contributed by atoms with Crippen molar-refractivity contribution >= 4 is 63.3 Å². The van der Waals surface area contributed by atoms with Gasteiger partial charge in [0.15, 0.2) is 5.96 Å². The second-order valence-electron chi connectivity index (χ2n) is 5.69. The Bertz CT molecular complexity index is 620. The normalized spacial score (nSPS) is 17.7. The zero-order valence-corrected chi connectivity index (χ0v) is 17.9. The van der Waals surface area contributed by atoms with Crippen molar-refractivity contribution in [2.24, 2.45) is 4.99 Å². The first-order chi connectivity index (χ1) is 11.3. The summed E-state index contributed by atoms with van der Waals surface area (Å²) in [4.78, 5) is 8.98. The molecule has 0 saturated carbocycles. The zero-order valence-electron chi connectivity index (χ0n) is 14.0. The van der Waals surface area contributed by atoms with Gasteiger partial charge in [0.05, 0.1) is 15.2 Å². The van der Waals surface area contributed by atoms with E-state index >= 15 is 0 Å². The van der Waals surface area contributed by atoms with Crippen LogP contribution in [0.25, 0.3) is 10.2 Å². The van der Waals surface area contributed by atoms with Crippen molar-refractivity contribution in [2.45, 2.75) is 30.9 Å². The van der Waals surface area contributed by atoms with E-state index < -0.39 is 0 Å². The van der Waals surface area contributed by atoms with Crippen LogP contribution in [-0.2, 0) is 6.42 Å². The van der Waals surface area contributed by atoms with E-state index in [4.69, 9.17) is 0 Å². The number of benzene rings is 1. The van der Waals surface area contributed by atoms with Gasteiger partial charge in [-0.1, -0.05) is 12.1 Å². The molecule has 132 valence electrons. The Morgan fingerprint density at radius 2 is 2.21 bits per heavy atom. The maximum Gasteiger partial charge on any atom is 0.191 e. The van der Waals surface area contributed by atoms with Gasteiger partial charge in [-0.25, -0.2) is 4.98 Å². The lowest BCUT2D eigenvalue weighted by atomic mass is 10.2. The third kappa shape index (κ3) is 5.77. The SMILES string of the molecule is CN=C(NCCCc1nc2ccccc2s1)NCC1CCCS1.I. The van der Waals surface area contributed by atoms with Crippen molar-refractivity contribution in [3.05, 3.63) is 29.3 Å². The molecule has 0 bridgehead atoms. The van der Waals surface area contributed by atoms with Gasteiger partial charge in [0.25, 0.3) is 0 Å². The van der Waals surface area contributed by atoms with Crippen LogP contribution in [0.5, 0.6) is 0 Å². The fraction of sp³-hybridized carbons (Fsp3) is 0.529. The number of hydrogen-bond donors (Lipinski definition) is 2. The van der Waals surface area contributed by atoms with E-state index in [1.165, 1.54) is 28.3 Å². The van der Waals surface area contributed by atoms with Gasteiger partial charge in [-0.15, -0.1) is 35.3 Å². The summed E-state index contributed by atoms with van der Waals surface area (Å²) in [5.41, 5.74) is 1.12. The lowest BCUT2D eigenvalue weighted by Crippen LogP contribution is -2.40. The fourth-order valence-electron chi connectivity index (χ4n) is 2.71. The smallest absolute Gasteiger partial charge is 0.191 e. The van der Waals surface area contributed by atoms with Gasteiger partial charge < -0.3 is 10.6 Å². The average Bonchev–Trinajstić information content (AvgIpc) is 3.23. The lowest BCUT2D eigenvalue weighted by molar-refractivity contribution is 0.709. The minimum atomic E-state index is 0. The highest BCUT2D eigenvalue weighted by Crippen LogP contribution is 2.25. The summed E-state index contributed by atoms with van der Waals surface area (Å²) in [7, 11) is 1.84. The number of hydrogen-bond acceptors (Lipinski definition) is 4. The first-order valence-electron chi connectivity index (χ1n) is 8.26. The number of halogens is 1. The van der Waals surface area contributed by atoms with Crippen molar-refractivity contribution in [2.75, 3.05) is 25.9 Å². The summed E-state index contributed by atoms with van der Waals surface area (Å²) >= 11 is 3.87. The molecule has 4 nitrogen and oxygen atoms in total. The maximum absolute atomic E-state index is 4.68. The predicted octanol–water partition coefficient (Wildman–Crippen LogP) is 3.91. The minimum Gasteiger partial charge on any atom is -0.356 e. The Hall–Kier alpha value is -0.540. The number of nitrogens with one attached hydrogen (secondary N) is 2. The number of thiazole rings is 1. The second-order valence-corrected chi connectivity index (χ2v) is 8.22. The van der Waals surface area contributed by atoms with Gasteiger partial charge in [-0.3, -0.25) is 4.99 Å². The van der Waals surface area contributed by atoms with Crippen LogP contribution in [0.1, 0.15) is 24.3 Å². The topological polar surface area (TPSA) is 49.3 Å². The van der Waals surface area contributed by atoms with Crippen molar-refractivity contribution in [3.8, 4) is 0 Å². The molecular weight excluding hydrogens is 451 g/mol. The van der Waals surface area contributed by atoms with Crippen LogP contribution >= 0.6 is 47.1 Å². The van der Waals surface area contributed by atoms with Crippen LogP contribution in [0.3, 0.4) is 0 Å². The van der Waals surface area contributed by atoms with E-state index in [2.05, 4.69) is 50.6 Å². The highest BCUT2D eigenvalue weighted by atomic mass is 127. The Morgan fingerprint density at radius 3 is 2.96 bits per heavy atom. The Balaban J connectivity index is 0.00000208. The third-order valence-corrected chi connectivity index (χ3v) is 6.44. The van der Waals surface area contributed by atoms with E-state index in [9.17, 15) is 0 Å². The van der Waals surface area contributed by atoms with Crippen LogP contribution in [0, 0.1) is 0 Å². The Labute approximate surface area is 169 Å². The van der Waals surface area contributed by atoms with Crippen LogP contribution in [0.2, 0.25) is 0 Å². The van der Waals surface area contributed by atoms with Crippen molar-refractivity contribution in [3.63, 3.8) is 0 Å². The molecule has 7 heteroatoms. The number of aryl methyl sites for hydroxylation is 1. The number of rotatable bonds is 6. The molecule has 0 radical (unpaired) electrons. The zero-order chi connectivity index (χ0) is 15.9. The lowest BCUT2D eigenvalue weighted by Gasteiger charge is -2.14. The molecular formula is C17H25IN4S2. The van der Waals surface area contributed by atoms with E-state index in [0.717, 1.165) is 42.7 Å². The number of nitrogens with zero attached hydrogens (tertiary/aromatic N) is 2. The summed E-state index contributed by atoms with van der Waals surface area (Å²) < 4.78 is 1.28. The summed E-state index contributed by atoms with van der Waals surface area (Å²) in [6.45, 7) is 1.94. The van der Waals surface area contributed by atoms with E-state index in [0.29, 0.717) is 0 Å². The molecule has 24 heavy (non-hydrogen) atoms. The second kappa shape index (κ2) is 10.5. The molecule has 0 amide bonds. The largest absolute Gasteiger partial charge is 0.356 e. The molecule has 3 rings (SSSR count). The molecule has 1 aliphatic heterocycles. The molecule has 2 aromatic rings. The van der Waals surface area contributed by atoms with Gasteiger partial charge in [-0.2, -0.15) is 11.8 Å². The Morgan fingerprint density at radius 1 is 1.33 bits per heavy atom. The van der Waals surface area contributed by atoms with Crippen molar-refractivity contribution in [1.82, 2.24) is 15.6 Å². The van der Waals surface area contributed by atoms with Gasteiger partial charge >= 0.3 is 0 Å². The minimum absolute atomic E-state index is 0. The standard InChI is InChI=1S/C17H24N4S2.HI/c1-18-17(20-12-13-6-5-11-22-13)19-10-4-9-16-21-14-7-2-3-8-15(14)23-16;/h2-3,7-8,13H,4-6,9-12H2,1H3,(H2,18,19,20);1H. The van der Waals surface area contributed by atoms with Crippen LogP contribution in [0.4, 0.5) is 0 Å². The number of aliphatic imine (C=N–C) groups is 1. The van der Waals surface area contributed by atoms with Gasteiger partial charge in [0, 0.05) is 31.8 Å². The summed E-state index contributed by atoms with van der Waals surface area (Å²) in [6.07, 6.45) is 4.76. The number of thioether (sulfide) groups is 1. The molecule has 0 aliphatic carbocycles. The van der Waals surface area contributed by atoms with Crippen LogP contribution in [-0.4, -0.2) is 42.1 Å². The molecule has 2 N–H and O–H groups in total. The van der Waals surface area contributed by atoms with Crippen molar-refractivity contribution < 1.29 is 0 Å². The number of para-hydroxylation sites is 1. The van der Waals surface area contributed by atoms with Crippen LogP contribution in [0.15, 0.2) is 29.3 Å². The Kier molecular flexibility index (Phi) is 8.61. The first-order valence-corrected chi connectivity index (χ1v) is 10.1. The monoisotopic (exact) mass is 476 g/mol. The van der Waals surface area contributed by atoms with E-state index in [1.807, 2.05) is 13.1 Å². The van der Waals surface area contributed by atoms with Gasteiger partial charge in [0.2, 0.25) is 0 Å². The molecule has 1 aromatic heterocycles. The van der Waals surface area contributed by atoms with Crippen molar-refractivity contribution in [1.29, 1.82) is 0 Å². The maximum atomic E-state index is 4.68. The molecule has 1 saturated heterocycles. The number of guanidine groups is 1. The molecule has 2 heterocycles. The summed E-state index contributed by atoms with van der Waals surface area (Å²) in [6, 6.07) is 8.34.